The van der Waals surface area contributed by atoms with Crippen LogP contribution in [0, 0.1) is 0 Å². The summed E-state index contributed by atoms with van der Waals surface area (Å²) in [6.45, 7) is 0. The van der Waals surface area contributed by atoms with Gasteiger partial charge >= 0.3 is 0 Å². The van der Waals surface area contributed by atoms with Gasteiger partial charge in [-0.15, -0.1) is 0 Å². The van der Waals surface area contributed by atoms with Crippen LogP contribution < -0.4 is 5.14 Å². The van der Waals surface area contributed by atoms with Crippen molar-refractivity contribution in [1.82, 2.24) is 19.7 Å². The van der Waals surface area contributed by atoms with Crippen LogP contribution >= 0.6 is 11.6 Å². The molecular formula is C14H12ClN5O2S. The average Bonchev–Trinajstić information content (AvgIpc) is 3.26. The molecule has 1 fully saturated rings. The Morgan fingerprint density at radius 1 is 1.22 bits per heavy atom. The van der Waals surface area contributed by atoms with Gasteiger partial charge in [-0.05, 0) is 30.5 Å². The lowest BCUT2D eigenvalue weighted by atomic mass is 10.1. The first-order chi connectivity index (χ1) is 10.9. The predicted molar refractivity (Wildman–Crippen MR) is 85.4 cm³/mol. The first kappa shape index (κ1) is 14.6. The van der Waals surface area contributed by atoms with E-state index in [1.807, 2.05) is 4.68 Å². The molecule has 0 atom stereocenters. The number of rotatable bonds is 3. The van der Waals surface area contributed by atoms with Crippen LogP contribution in [0.25, 0.3) is 22.3 Å². The normalized spacial score (nSPS) is 15.2. The summed E-state index contributed by atoms with van der Waals surface area (Å²) >= 11 is 6.05. The fraction of sp³-hybridized carbons (Fsp3) is 0.214. The molecule has 2 aromatic heterocycles. The van der Waals surface area contributed by atoms with Gasteiger partial charge in [0.25, 0.3) is 0 Å². The lowest BCUT2D eigenvalue weighted by Gasteiger charge is -2.08. The van der Waals surface area contributed by atoms with Gasteiger partial charge in [-0.2, -0.15) is 10.1 Å². The molecule has 0 amide bonds. The Hall–Kier alpha value is -2.03. The Morgan fingerprint density at radius 3 is 2.65 bits per heavy atom. The van der Waals surface area contributed by atoms with Gasteiger partial charge < -0.3 is 0 Å². The minimum Gasteiger partial charge on any atom is -0.244 e. The highest BCUT2D eigenvalue weighted by Gasteiger charge is 2.28. The topological polar surface area (TPSA) is 104 Å². The van der Waals surface area contributed by atoms with Crippen LogP contribution in [0.15, 0.2) is 35.4 Å². The standard InChI is InChI=1S/C14H12ClN5O2S/c15-14-18-12(9-3-1-2-4-11(9)23(16,21)22)10-7-17-20(8-5-6-8)13(10)19-14/h1-4,7-8H,5-6H2,(H2,16,21,22). The number of sulfonamides is 1. The molecule has 7 nitrogen and oxygen atoms in total. The fourth-order valence-electron chi connectivity index (χ4n) is 2.60. The first-order valence-electron chi connectivity index (χ1n) is 6.98. The average molecular weight is 350 g/mol. The lowest BCUT2D eigenvalue weighted by Crippen LogP contribution is -2.13. The summed E-state index contributed by atoms with van der Waals surface area (Å²) in [5.41, 5.74) is 1.41. The Bertz CT molecular complexity index is 1030. The molecule has 4 rings (SSSR count). The molecule has 23 heavy (non-hydrogen) atoms. The maximum atomic E-state index is 11.9. The Labute approximate surface area is 137 Å². The molecule has 2 N–H and O–H groups in total. The molecule has 3 aromatic rings. The van der Waals surface area contributed by atoms with E-state index < -0.39 is 10.0 Å². The third kappa shape index (κ3) is 2.48. The van der Waals surface area contributed by atoms with Crippen LogP contribution in [0.3, 0.4) is 0 Å². The van der Waals surface area contributed by atoms with Gasteiger partial charge in [0.2, 0.25) is 15.3 Å². The van der Waals surface area contributed by atoms with Crippen molar-refractivity contribution in [3.63, 3.8) is 0 Å². The van der Waals surface area contributed by atoms with Gasteiger partial charge in [0, 0.05) is 5.56 Å². The van der Waals surface area contributed by atoms with Crippen molar-refractivity contribution in [2.24, 2.45) is 5.14 Å². The SMILES string of the molecule is NS(=O)(=O)c1ccccc1-c1nc(Cl)nc2c1cnn2C1CC1. The quantitative estimate of drug-likeness (QED) is 0.729. The van der Waals surface area contributed by atoms with Gasteiger partial charge in [-0.1, -0.05) is 18.2 Å². The van der Waals surface area contributed by atoms with E-state index in [1.165, 1.54) is 6.07 Å². The van der Waals surface area contributed by atoms with Crippen LogP contribution in [0.1, 0.15) is 18.9 Å². The van der Waals surface area contributed by atoms with E-state index >= 15 is 0 Å². The molecule has 1 saturated carbocycles. The third-order valence-corrected chi connectivity index (χ3v) is 4.91. The van der Waals surface area contributed by atoms with Crippen molar-refractivity contribution in [3.8, 4) is 11.3 Å². The molecule has 0 radical (unpaired) electrons. The number of primary sulfonamides is 1. The second-order valence-corrected chi connectivity index (χ2v) is 7.31. The summed E-state index contributed by atoms with van der Waals surface area (Å²) in [6.07, 6.45) is 3.72. The summed E-state index contributed by atoms with van der Waals surface area (Å²) in [6, 6.07) is 6.73. The molecule has 118 valence electrons. The molecule has 0 spiro atoms. The minimum absolute atomic E-state index is 0.00441. The highest BCUT2D eigenvalue weighted by Crippen LogP contribution is 2.38. The van der Waals surface area contributed by atoms with E-state index in [4.69, 9.17) is 16.7 Å². The van der Waals surface area contributed by atoms with Gasteiger partial charge in [0.05, 0.1) is 28.2 Å². The van der Waals surface area contributed by atoms with E-state index in [-0.39, 0.29) is 10.2 Å². The summed E-state index contributed by atoms with van der Waals surface area (Å²) in [5, 5.41) is 10.4. The zero-order valence-corrected chi connectivity index (χ0v) is 13.4. The van der Waals surface area contributed by atoms with E-state index in [1.54, 1.807) is 24.4 Å². The maximum Gasteiger partial charge on any atom is 0.238 e. The van der Waals surface area contributed by atoms with Crippen molar-refractivity contribution in [2.75, 3.05) is 0 Å². The maximum absolute atomic E-state index is 11.9. The number of nitrogens with two attached hydrogens (primary N) is 1. The number of hydrogen-bond acceptors (Lipinski definition) is 5. The Balaban J connectivity index is 2.04. The van der Waals surface area contributed by atoms with Crippen molar-refractivity contribution in [2.45, 2.75) is 23.8 Å². The van der Waals surface area contributed by atoms with Gasteiger partial charge in [0.15, 0.2) is 5.65 Å². The summed E-state index contributed by atoms with van der Waals surface area (Å²) < 4.78 is 25.5. The van der Waals surface area contributed by atoms with Crippen molar-refractivity contribution in [3.05, 3.63) is 35.7 Å². The smallest absolute Gasteiger partial charge is 0.238 e. The zero-order valence-electron chi connectivity index (χ0n) is 11.8. The highest BCUT2D eigenvalue weighted by molar-refractivity contribution is 7.89. The molecule has 9 heteroatoms. The highest BCUT2D eigenvalue weighted by atomic mass is 35.5. The van der Waals surface area contributed by atoms with Crippen LogP contribution in [0.2, 0.25) is 5.28 Å². The van der Waals surface area contributed by atoms with Gasteiger partial charge in [-0.25, -0.2) is 23.2 Å². The Morgan fingerprint density at radius 2 is 1.96 bits per heavy atom. The molecule has 2 heterocycles. The van der Waals surface area contributed by atoms with Crippen LogP contribution in [-0.4, -0.2) is 28.2 Å². The molecule has 0 aliphatic heterocycles. The van der Waals surface area contributed by atoms with Crippen molar-refractivity contribution < 1.29 is 8.42 Å². The zero-order chi connectivity index (χ0) is 16.2. The fourth-order valence-corrected chi connectivity index (χ4v) is 3.51. The van der Waals surface area contributed by atoms with Gasteiger partial charge in [0.1, 0.15) is 0 Å². The molecular weight excluding hydrogens is 338 g/mol. The number of nitrogens with zero attached hydrogens (tertiary/aromatic N) is 4. The summed E-state index contributed by atoms with van der Waals surface area (Å²) in [7, 11) is -3.89. The molecule has 1 aromatic carbocycles. The summed E-state index contributed by atoms with van der Waals surface area (Å²) in [4.78, 5) is 8.46. The van der Waals surface area contributed by atoms with E-state index in [2.05, 4.69) is 15.1 Å². The van der Waals surface area contributed by atoms with Gasteiger partial charge in [-0.3, -0.25) is 0 Å². The van der Waals surface area contributed by atoms with E-state index in [0.717, 1.165) is 12.8 Å². The number of hydrogen-bond donors (Lipinski definition) is 1. The number of aromatic nitrogens is 4. The molecule has 0 saturated heterocycles. The second-order valence-electron chi connectivity index (χ2n) is 5.44. The number of halogens is 1. The van der Waals surface area contributed by atoms with E-state index in [0.29, 0.717) is 28.3 Å². The minimum atomic E-state index is -3.89. The molecule has 1 aliphatic rings. The second kappa shape index (κ2) is 4.98. The molecule has 0 unspecified atom stereocenters. The third-order valence-electron chi connectivity index (χ3n) is 3.77. The first-order valence-corrected chi connectivity index (χ1v) is 8.90. The predicted octanol–water partition coefficient (Wildman–Crippen LogP) is 2.13. The number of benzene rings is 1. The molecule has 0 bridgehead atoms. The van der Waals surface area contributed by atoms with Crippen LogP contribution in [-0.2, 0) is 10.0 Å². The van der Waals surface area contributed by atoms with Crippen molar-refractivity contribution in [1.29, 1.82) is 0 Å². The molecule has 1 aliphatic carbocycles. The summed E-state index contributed by atoms with van der Waals surface area (Å²) in [5.74, 6) is 0. The lowest BCUT2D eigenvalue weighted by molar-refractivity contribution is 0.598. The Kier molecular flexibility index (Phi) is 3.15. The van der Waals surface area contributed by atoms with Crippen LogP contribution in [0.4, 0.5) is 0 Å². The number of fused-ring (bicyclic) bond motifs is 1. The van der Waals surface area contributed by atoms with Crippen LogP contribution in [0.5, 0.6) is 0 Å². The largest absolute Gasteiger partial charge is 0.244 e. The van der Waals surface area contributed by atoms with E-state index in [9.17, 15) is 8.42 Å². The van der Waals surface area contributed by atoms with Crippen molar-refractivity contribution >= 4 is 32.7 Å². The monoisotopic (exact) mass is 349 g/mol.